The van der Waals surface area contributed by atoms with Crippen LogP contribution >= 0.6 is 15.9 Å². The second kappa shape index (κ2) is 5.93. The lowest BCUT2D eigenvalue weighted by molar-refractivity contribution is 0.290. The van der Waals surface area contributed by atoms with Gasteiger partial charge >= 0.3 is 0 Å². The van der Waals surface area contributed by atoms with E-state index in [1.165, 1.54) is 18.4 Å². The number of nitrogens with one attached hydrogen (secondary N) is 1. The SMILES string of the molecule is Cc1cccc(Nc2ccc(N)c(OCC3CC3)n2)c1Br. The third-order valence-corrected chi connectivity index (χ3v) is 4.55. The molecule has 4 nitrogen and oxygen atoms in total. The number of nitrogen functional groups attached to an aromatic ring is 1. The summed E-state index contributed by atoms with van der Waals surface area (Å²) in [6.45, 7) is 2.75. The molecular formula is C16H18BrN3O. The molecule has 0 atom stereocenters. The van der Waals surface area contributed by atoms with E-state index in [1.807, 2.05) is 24.3 Å². The van der Waals surface area contributed by atoms with Crippen molar-refractivity contribution in [1.29, 1.82) is 0 Å². The van der Waals surface area contributed by atoms with Crippen molar-refractivity contribution in [3.05, 3.63) is 40.4 Å². The van der Waals surface area contributed by atoms with Gasteiger partial charge in [-0.3, -0.25) is 0 Å². The Hall–Kier alpha value is -1.75. The number of aromatic nitrogens is 1. The van der Waals surface area contributed by atoms with Gasteiger partial charge in [0.25, 0.3) is 0 Å². The van der Waals surface area contributed by atoms with E-state index in [4.69, 9.17) is 10.5 Å². The van der Waals surface area contributed by atoms with Crippen LogP contribution in [-0.2, 0) is 0 Å². The van der Waals surface area contributed by atoms with Crippen LogP contribution in [0.3, 0.4) is 0 Å². The van der Waals surface area contributed by atoms with Crippen LogP contribution in [0.1, 0.15) is 18.4 Å². The first kappa shape index (κ1) is 14.2. The summed E-state index contributed by atoms with van der Waals surface area (Å²) in [5.74, 6) is 1.91. The molecule has 1 aromatic heterocycles. The molecule has 1 saturated carbocycles. The number of aryl methyl sites for hydroxylation is 1. The molecule has 0 radical (unpaired) electrons. The van der Waals surface area contributed by atoms with Gasteiger partial charge in [0.1, 0.15) is 5.82 Å². The Morgan fingerprint density at radius 2 is 2.14 bits per heavy atom. The van der Waals surface area contributed by atoms with Crippen LogP contribution in [-0.4, -0.2) is 11.6 Å². The summed E-state index contributed by atoms with van der Waals surface area (Å²) in [6, 6.07) is 9.73. The van der Waals surface area contributed by atoms with Gasteiger partial charge in [-0.1, -0.05) is 12.1 Å². The third-order valence-electron chi connectivity index (χ3n) is 3.50. The summed E-state index contributed by atoms with van der Waals surface area (Å²) < 4.78 is 6.74. The topological polar surface area (TPSA) is 60.2 Å². The lowest BCUT2D eigenvalue weighted by Crippen LogP contribution is -2.05. The number of halogens is 1. The van der Waals surface area contributed by atoms with Crippen LogP contribution in [0.5, 0.6) is 5.88 Å². The van der Waals surface area contributed by atoms with Gasteiger partial charge in [-0.2, -0.15) is 4.98 Å². The van der Waals surface area contributed by atoms with Crippen molar-refractivity contribution in [1.82, 2.24) is 4.98 Å². The fraction of sp³-hybridized carbons (Fsp3) is 0.312. The molecule has 0 aliphatic heterocycles. The lowest BCUT2D eigenvalue weighted by Gasteiger charge is -2.12. The number of ether oxygens (including phenoxy) is 1. The highest BCUT2D eigenvalue weighted by molar-refractivity contribution is 9.10. The monoisotopic (exact) mass is 347 g/mol. The summed E-state index contributed by atoms with van der Waals surface area (Å²) in [6.07, 6.45) is 2.49. The number of anilines is 3. The van der Waals surface area contributed by atoms with Crippen molar-refractivity contribution < 1.29 is 4.74 Å². The molecule has 0 spiro atoms. The van der Waals surface area contributed by atoms with Crippen LogP contribution < -0.4 is 15.8 Å². The molecule has 3 N–H and O–H groups in total. The zero-order chi connectivity index (χ0) is 14.8. The first-order chi connectivity index (χ1) is 10.1. The molecule has 2 aromatic rings. The second-order valence-corrected chi connectivity index (χ2v) is 6.20. The van der Waals surface area contributed by atoms with E-state index in [-0.39, 0.29) is 0 Å². The molecule has 5 heteroatoms. The zero-order valence-corrected chi connectivity index (χ0v) is 13.5. The summed E-state index contributed by atoms with van der Waals surface area (Å²) in [4.78, 5) is 4.46. The maximum Gasteiger partial charge on any atom is 0.239 e. The quantitative estimate of drug-likeness (QED) is 0.847. The van der Waals surface area contributed by atoms with Crippen molar-refractivity contribution in [2.75, 3.05) is 17.7 Å². The molecule has 1 aliphatic carbocycles. The molecule has 1 heterocycles. The normalized spacial score (nSPS) is 14.0. The molecule has 1 aliphatic rings. The molecule has 1 fully saturated rings. The van der Waals surface area contributed by atoms with Gasteiger partial charge in [0.15, 0.2) is 0 Å². The van der Waals surface area contributed by atoms with Gasteiger partial charge in [0.05, 0.1) is 18.0 Å². The fourth-order valence-electron chi connectivity index (χ4n) is 2.00. The van der Waals surface area contributed by atoms with Crippen molar-refractivity contribution in [2.24, 2.45) is 5.92 Å². The van der Waals surface area contributed by atoms with Gasteiger partial charge in [-0.05, 0) is 65.4 Å². The lowest BCUT2D eigenvalue weighted by atomic mass is 10.2. The Morgan fingerprint density at radius 3 is 2.90 bits per heavy atom. The zero-order valence-electron chi connectivity index (χ0n) is 11.9. The first-order valence-electron chi connectivity index (χ1n) is 7.05. The minimum Gasteiger partial charge on any atom is -0.476 e. The Kier molecular flexibility index (Phi) is 4.01. The molecule has 0 unspecified atom stereocenters. The smallest absolute Gasteiger partial charge is 0.239 e. The number of hydrogen-bond acceptors (Lipinski definition) is 4. The summed E-state index contributed by atoms with van der Waals surface area (Å²) in [5.41, 5.74) is 8.63. The predicted octanol–water partition coefficient (Wildman–Crippen LogP) is 4.27. The van der Waals surface area contributed by atoms with E-state index in [9.17, 15) is 0 Å². The van der Waals surface area contributed by atoms with Crippen molar-refractivity contribution in [2.45, 2.75) is 19.8 Å². The maximum absolute atomic E-state index is 5.92. The third kappa shape index (κ3) is 3.47. The number of rotatable bonds is 5. The number of pyridine rings is 1. The van der Waals surface area contributed by atoms with E-state index in [0.29, 0.717) is 24.1 Å². The van der Waals surface area contributed by atoms with Crippen molar-refractivity contribution in [3.63, 3.8) is 0 Å². The van der Waals surface area contributed by atoms with Gasteiger partial charge < -0.3 is 15.8 Å². The van der Waals surface area contributed by atoms with Crippen LogP contribution in [0, 0.1) is 12.8 Å². The number of nitrogens with two attached hydrogens (primary N) is 1. The predicted molar refractivity (Wildman–Crippen MR) is 89.0 cm³/mol. The number of benzene rings is 1. The molecule has 0 bridgehead atoms. The average molecular weight is 348 g/mol. The molecule has 0 saturated heterocycles. The summed E-state index contributed by atoms with van der Waals surface area (Å²) in [7, 11) is 0. The van der Waals surface area contributed by atoms with E-state index >= 15 is 0 Å². The highest BCUT2D eigenvalue weighted by Gasteiger charge is 2.22. The van der Waals surface area contributed by atoms with E-state index < -0.39 is 0 Å². The van der Waals surface area contributed by atoms with Gasteiger partial charge in [0, 0.05) is 4.47 Å². The van der Waals surface area contributed by atoms with Gasteiger partial charge in [-0.15, -0.1) is 0 Å². The van der Waals surface area contributed by atoms with Crippen LogP contribution in [0.25, 0.3) is 0 Å². The van der Waals surface area contributed by atoms with Crippen molar-refractivity contribution in [3.8, 4) is 5.88 Å². The highest BCUT2D eigenvalue weighted by Crippen LogP contribution is 2.32. The molecule has 3 rings (SSSR count). The Morgan fingerprint density at radius 1 is 1.33 bits per heavy atom. The average Bonchev–Trinajstić information content (AvgIpc) is 3.28. The second-order valence-electron chi connectivity index (χ2n) is 5.41. The molecule has 110 valence electrons. The summed E-state index contributed by atoms with van der Waals surface area (Å²) in [5, 5.41) is 3.29. The van der Waals surface area contributed by atoms with Gasteiger partial charge in [-0.25, -0.2) is 0 Å². The van der Waals surface area contributed by atoms with Crippen LogP contribution in [0.4, 0.5) is 17.2 Å². The van der Waals surface area contributed by atoms with Gasteiger partial charge in [0.2, 0.25) is 5.88 Å². The molecular weight excluding hydrogens is 330 g/mol. The first-order valence-corrected chi connectivity index (χ1v) is 7.84. The molecule has 21 heavy (non-hydrogen) atoms. The standard InChI is InChI=1S/C16H18BrN3O/c1-10-3-2-4-13(15(10)17)19-14-8-7-12(18)16(20-14)21-9-11-5-6-11/h2-4,7-8,11H,5-6,9,18H2,1H3,(H,19,20). The summed E-state index contributed by atoms with van der Waals surface area (Å²) >= 11 is 3.58. The number of nitrogens with zero attached hydrogens (tertiary/aromatic N) is 1. The molecule has 1 aromatic carbocycles. The molecule has 0 amide bonds. The Balaban J connectivity index is 1.78. The Bertz CT molecular complexity index is 656. The largest absolute Gasteiger partial charge is 0.476 e. The Labute approximate surface area is 132 Å². The van der Waals surface area contributed by atoms with E-state index in [0.717, 1.165) is 16.0 Å². The van der Waals surface area contributed by atoms with E-state index in [2.05, 4.69) is 39.2 Å². The van der Waals surface area contributed by atoms with Crippen molar-refractivity contribution >= 4 is 33.1 Å². The van der Waals surface area contributed by atoms with E-state index in [1.54, 1.807) is 0 Å². The highest BCUT2D eigenvalue weighted by atomic mass is 79.9. The van der Waals surface area contributed by atoms with Crippen LogP contribution in [0.2, 0.25) is 0 Å². The number of hydrogen-bond donors (Lipinski definition) is 2. The minimum atomic E-state index is 0.510. The minimum absolute atomic E-state index is 0.510. The van der Waals surface area contributed by atoms with Crippen LogP contribution in [0.15, 0.2) is 34.8 Å². The fourth-order valence-corrected chi connectivity index (χ4v) is 2.36. The maximum atomic E-state index is 5.92.